The van der Waals surface area contributed by atoms with Gasteiger partial charge in [0, 0.05) is 17.1 Å². The second-order valence-corrected chi connectivity index (χ2v) is 4.80. The van der Waals surface area contributed by atoms with E-state index in [1.165, 1.54) is 6.07 Å². The number of nitrogens with one attached hydrogen (secondary N) is 1. The minimum atomic E-state index is -0.913. The van der Waals surface area contributed by atoms with Crippen molar-refractivity contribution >= 4 is 29.2 Å². The molecule has 6 heteroatoms. The Morgan fingerprint density at radius 2 is 2.11 bits per heavy atom. The Morgan fingerprint density at radius 1 is 1.44 bits per heavy atom. The zero-order chi connectivity index (χ0) is 13.7. The lowest BCUT2D eigenvalue weighted by Crippen LogP contribution is -2.36. The highest BCUT2D eigenvalue weighted by molar-refractivity contribution is 6.35. The van der Waals surface area contributed by atoms with Crippen molar-refractivity contribution < 1.29 is 15.0 Å². The Labute approximate surface area is 116 Å². The topological polar surface area (TPSA) is 69.6 Å². The van der Waals surface area contributed by atoms with Gasteiger partial charge < -0.3 is 15.5 Å². The molecule has 0 saturated heterocycles. The Balaban J connectivity index is 2.76. The number of hydrogen-bond donors (Lipinski definition) is 3. The van der Waals surface area contributed by atoms with Crippen LogP contribution in [0.4, 0.5) is 0 Å². The lowest BCUT2D eigenvalue weighted by molar-refractivity contribution is -0.139. The highest BCUT2D eigenvalue weighted by Crippen LogP contribution is 2.31. The Bertz CT molecular complexity index is 438. The maximum Gasteiger partial charge on any atom is 0.320 e. The number of aliphatic carboxylic acids is 1. The molecule has 0 aliphatic heterocycles. The number of carbonyl (C=O) groups is 1. The van der Waals surface area contributed by atoms with Crippen LogP contribution in [-0.2, 0) is 11.3 Å². The molecule has 1 rings (SSSR count). The summed E-state index contributed by atoms with van der Waals surface area (Å²) in [5.41, 5.74) is 0.481. The van der Waals surface area contributed by atoms with Crippen molar-refractivity contribution in [3.63, 3.8) is 0 Å². The molecule has 3 N–H and O–H groups in total. The molecular weight excluding hydrogens is 277 g/mol. The van der Waals surface area contributed by atoms with Gasteiger partial charge in [0.1, 0.15) is 11.8 Å². The van der Waals surface area contributed by atoms with Gasteiger partial charge in [-0.3, -0.25) is 4.79 Å². The minimum absolute atomic E-state index is 0.0748. The fourth-order valence-corrected chi connectivity index (χ4v) is 2.12. The summed E-state index contributed by atoms with van der Waals surface area (Å²) >= 11 is 11.6. The predicted molar refractivity (Wildman–Crippen MR) is 71.3 cm³/mol. The van der Waals surface area contributed by atoms with Crippen LogP contribution < -0.4 is 5.32 Å². The maximum absolute atomic E-state index is 11.0. The number of phenolic OH excluding ortho intramolecular Hbond substituents is 1. The first-order valence-electron chi connectivity index (χ1n) is 5.58. The van der Waals surface area contributed by atoms with Crippen molar-refractivity contribution in [3.8, 4) is 5.75 Å². The average molecular weight is 292 g/mol. The van der Waals surface area contributed by atoms with Gasteiger partial charge in [0.25, 0.3) is 0 Å². The summed E-state index contributed by atoms with van der Waals surface area (Å²) in [6.45, 7) is 2.11. The zero-order valence-electron chi connectivity index (χ0n) is 9.91. The van der Waals surface area contributed by atoms with Gasteiger partial charge in [-0.2, -0.15) is 0 Å². The normalized spacial score (nSPS) is 12.4. The molecule has 0 spiro atoms. The van der Waals surface area contributed by atoms with E-state index >= 15 is 0 Å². The van der Waals surface area contributed by atoms with E-state index in [1.54, 1.807) is 6.07 Å². The molecule has 0 radical (unpaired) electrons. The number of halogens is 2. The first kappa shape index (κ1) is 15.1. The Hall–Kier alpha value is -0.970. The van der Waals surface area contributed by atoms with Crippen molar-refractivity contribution in [1.29, 1.82) is 0 Å². The molecule has 0 aromatic heterocycles. The Morgan fingerprint density at radius 3 is 2.67 bits per heavy atom. The summed E-state index contributed by atoms with van der Waals surface area (Å²) in [6, 6.07) is 2.34. The second-order valence-electron chi connectivity index (χ2n) is 3.96. The van der Waals surface area contributed by atoms with Gasteiger partial charge in [-0.25, -0.2) is 0 Å². The largest absolute Gasteiger partial charge is 0.506 e. The summed E-state index contributed by atoms with van der Waals surface area (Å²) in [7, 11) is 0. The molecular formula is C12H15Cl2NO3. The van der Waals surface area contributed by atoms with Gasteiger partial charge in [0.05, 0.1) is 5.02 Å². The second kappa shape index (κ2) is 6.83. The molecule has 0 fully saturated rings. The number of carboxylic acids is 1. The first-order valence-corrected chi connectivity index (χ1v) is 6.34. The molecule has 1 unspecified atom stereocenters. The lowest BCUT2D eigenvalue weighted by Gasteiger charge is -2.14. The average Bonchev–Trinajstić information content (AvgIpc) is 2.29. The molecule has 4 nitrogen and oxygen atoms in total. The third-order valence-corrected chi connectivity index (χ3v) is 3.03. The van der Waals surface area contributed by atoms with Gasteiger partial charge in [-0.1, -0.05) is 36.5 Å². The van der Waals surface area contributed by atoms with Gasteiger partial charge in [0.2, 0.25) is 0 Å². The smallest absolute Gasteiger partial charge is 0.320 e. The number of carboxylic acid groups (broad SMARTS) is 1. The van der Waals surface area contributed by atoms with E-state index in [9.17, 15) is 9.90 Å². The van der Waals surface area contributed by atoms with Crippen molar-refractivity contribution in [2.24, 2.45) is 0 Å². The van der Waals surface area contributed by atoms with E-state index in [0.717, 1.165) is 6.42 Å². The van der Waals surface area contributed by atoms with E-state index in [-0.39, 0.29) is 17.3 Å². The first-order chi connectivity index (χ1) is 8.45. The summed E-state index contributed by atoms with van der Waals surface area (Å²) in [6.07, 6.45) is 1.27. The summed E-state index contributed by atoms with van der Waals surface area (Å²) in [5, 5.41) is 22.1. The van der Waals surface area contributed by atoms with Crippen molar-refractivity contribution in [1.82, 2.24) is 5.32 Å². The van der Waals surface area contributed by atoms with Crippen molar-refractivity contribution in [2.75, 3.05) is 0 Å². The van der Waals surface area contributed by atoms with Crippen LogP contribution in [0.25, 0.3) is 0 Å². The fraction of sp³-hybridized carbons (Fsp3) is 0.417. The van der Waals surface area contributed by atoms with Gasteiger partial charge in [-0.05, 0) is 18.6 Å². The molecule has 0 saturated carbocycles. The van der Waals surface area contributed by atoms with Crippen molar-refractivity contribution in [3.05, 3.63) is 27.7 Å². The highest BCUT2D eigenvalue weighted by atomic mass is 35.5. The molecule has 0 aliphatic carbocycles. The SMILES string of the molecule is CCCC(NCc1cc(Cl)cc(Cl)c1O)C(=O)O. The number of rotatable bonds is 6. The quantitative estimate of drug-likeness (QED) is 0.753. The van der Waals surface area contributed by atoms with Gasteiger partial charge in [-0.15, -0.1) is 0 Å². The van der Waals surface area contributed by atoms with E-state index in [2.05, 4.69) is 5.32 Å². The maximum atomic E-state index is 11.0. The van der Waals surface area contributed by atoms with Crippen LogP contribution in [0, 0.1) is 0 Å². The molecule has 0 aliphatic rings. The predicted octanol–water partition coefficient (Wildman–Crippen LogP) is 3.04. The van der Waals surface area contributed by atoms with Crippen LogP contribution >= 0.6 is 23.2 Å². The number of phenols is 1. The van der Waals surface area contributed by atoms with Gasteiger partial charge >= 0.3 is 5.97 Å². The van der Waals surface area contributed by atoms with E-state index < -0.39 is 12.0 Å². The zero-order valence-corrected chi connectivity index (χ0v) is 11.4. The molecule has 0 amide bonds. The van der Waals surface area contributed by atoms with Crippen LogP contribution in [0.2, 0.25) is 10.0 Å². The van der Waals surface area contributed by atoms with E-state index in [0.29, 0.717) is 17.0 Å². The van der Waals surface area contributed by atoms with Gasteiger partial charge in [0.15, 0.2) is 0 Å². The molecule has 0 heterocycles. The number of benzene rings is 1. The van der Waals surface area contributed by atoms with E-state index in [4.69, 9.17) is 28.3 Å². The van der Waals surface area contributed by atoms with Crippen molar-refractivity contribution in [2.45, 2.75) is 32.4 Å². The van der Waals surface area contributed by atoms with Crippen LogP contribution in [0.15, 0.2) is 12.1 Å². The molecule has 1 atom stereocenters. The summed E-state index contributed by atoms with van der Waals surface area (Å²) in [4.78, 5) is 11.0. The lowest BCUT2D eigenvalue weighted by atomic mass is 10.1. The molecule has 100 valence electrons. The minimum Gasteiger partial charge on any atom is -0.506 e. The molecule has 1 aromatic carbocycles. The molecule has 0 bridgehead atoms. The third kappa shape index (κ3) is 4.05. The summed E-state index contributed by atoms with van der Waals surface area (Å²) < 4.78 is 0. The van der Waals surface area contributed by atoms with Crippen LogP contribution in [0.3, 0.4) is 0 Å². The third-order valence-electron chi connectivity index (χ3n) is 2.52. The fourth-order valence-electron chi connectivity index (χ4n) is 1.59. The van der Waals surface area contributed by atoms with E-state index in [1.807, 2.05) is 6.92 Å². The monoisotopic (exact) mass is 291 g/mol. The van der Waals surface area contributed by atoms with Crippen LogP contribution in [0.5, 0.6) is 5.75 Å². The molecule has 1 aromatic rings. The molecule has 18 heavy (non-hydrogen) atoms. The standard InChI is InChI=1S/C12H15Cl2NO3/c1-2-3-10(12(17)18)15-6-7-4-8(13)5-9(14)11(7)16/h4-5,10,15-16H,2-3,6H2,1H3,(H,17,18). The Kier molecular flexibility index (Phi) is 5.72. The number of aromatic hydroxyl groups is 1. The summed E-state index contributed by atoms with van der Waals surface area (Å²) in [5.74, 6) is -0.987. The number of hydrogen-bond acceptors (Lipinski definition) is 3. The van der Waals surface area contributed by atoms with Crippen LogP contribution in [0.1, 0.15) is 25.3 Å². The van der Waals surface area contributed by atoms with Crippen LogP contribution in [-0.4, -0.2) is 22.2 Å². The highest BCUT2D eigenvalue weighted by Gasteiger charge is 2.16.